The van der Waals surface area contributed by atoms with E-state index in [1.165, 1.54) is 0 Å². The van der Waals surface area contributed by atoms with Gasteiger partial charge in [0.25, 0.3) is 5.84 Å². The van der Waals surface area contributed by atoms with Crippen LogP contribution in [-0.2, 0) is 20.9 Å². The van der Waals surface area contributed by atoms with Gasteiger partial charge >= 0.3 is 0 Å². The van der Waals surface area contributed by atoms with Crippen LogP contribution in [-0.4, -0.2) is 12.2 Å². The molecule has 0 aliphatic heterocycles. The van der Waals surface area contributed by atoms with Gasteiger partial charge < -0.3 is 9.05 Å². The van der Waals surface area contributed by atoms with Crippen molar-refractivity contribution >= 4 is 28.9 Å². The highest BCUT2D eigenvalue weighted by Gasteiger charge is 2.18. The van der Waals surface area contributed by atoms with Gasteiger partial charge in [-0.25, -0.2) is 0 Å². The third kappa shape index (κ3) is 7.23. The molecule has 0 heterocycles. The van der Waals surface area contributed by atoms with Crippen LogP contribution in [0.5, 0.6) is 0 Å². The quantitative estimate of drug-likeness (QED) is 0.672. The highest BCUT2D eigenvalue weighted by Crippen LogP contribution is 2.55. The van der Waals surface area contributed by atoms with Crippen molar-refractivity contribution in [2.24, 2.45) is 0 Å². The Morgan fingerprint density at radius 1 is 1.09 bits per heavy atom. The van der Waals surface area contributed by atoms with Gasteiger partial charge in [0.05, 0.1) is 12.2 Å². The van der Waals surface area contributed by atoms with Crippen molar-refractivity contribution in [3.8, 4) is 0 Å². The Kier molecular flexibility index (Phi) is 5.16. The standard InChI is InChI=1S/C6H14ClO2PS/c1-5(2)8-10(7,11)9-6(3)4/h5-6H,1-4H3. The van der Waals surface area contributed by atoms with E-state index in [0.29, 0.717) is 0 Å². The highest BCUT2D eigenvalue weighted by molar-refractivity contribution is 8.22. The average Bonchev–Trinajstić information content (AvgIpc) is 1.53. The first-order valence-corrected chi connectivity index (χ1v) is 7.04. The third-order valence-corrected chi connectivity index (χ3v) is 3.01. The summed E-state index contributed by atoms with van der Waals surface area (Å²) in [4.78, 5) is 0. The fourth-order valence-electron chi connectivity index (χ4n) is 0.528. The normalized spacial score (nSPS) is 13.0. The summed E-state index contributed by atoms with van der Waals surface area (Å²) in [6.45, 7) is 7.53. The smallest absolute Gasteiger partial charge is 0.282 e. The van der Waals surface area contributed by atoms with Crippen molar-refractivity contribution in [3.05, 3.63) is 0 Å². The molecule has 2 nitrogen and oxygen atoms in total. The summed E-state index contributed by atoms with van der Waals surface area (Å²) in [6, 6.07) is 0. The molecule has 0 fully saturated rings. The second-order valence-corrected chi connectivity index (χ2v) is 7.40. The van der Waals surface area contributed by atoms with Gasteiger partial charge in [-0.05, 0) is 50.7 Å². The molecule has 5 heteroatoms. The zero-order valence-electron chi connectivity index (χ0n) is 7.20. The predicted molar refractivity (Wildman–Crippen MR) is 52.6 cm³/mol. The first-order valence-electron chi connectivity index (χ1n) is 3.50. The molecule has 0 saturated carbocycles. The van der Waals surface area contributed by atoms with Crippen molar-refractivity contribution in [2.75, 3.05) is 0 Å². The van der Waals surface area contributed by atoms with Crippen molar-refractivity contribution in [3.63, 3.8) is 0 Å². The van der Waals surface area contributed by atoms with Gasteiger partial charge in [0.1, 0.15) is 0 Å². The first kappa shape index (κ1) is 11.9. The molecule has 0 spiro atoms. The zero-order chi connectivity index (χ0) is 9.07. The molecular formula is C6H14ClO2PS. The molecule has 0 saturated heterocycles. The van der Waals surface area contributed by atoms with E-state index >= 15 is 0 Å². The maximum atomic E-state index is 5.81. The maximum absolute atomic E-state index is 5.81. The van der Waals surface area contributed by atoms with Crippen LogP contribution in [0.1, 0.15) is 27.7 Å². The molecule has 0 aromatic rings. The molecular weight excluding hydrogens is 203 g/mol. The molecule has 0 bridgehead atoms. The van der Waals surface area contributed by atoms with Crippen LogP contribution in [0, 0.1) is 0 Å². The van der Waals surface area contributed by atoms with E-state index in [9.17, 15) is 0 Å². The summed E-state index contributed by atoms with van der Waals surface area (Å²) >= 11 is 10.7. The Balaban J connectivity index is 3.91. The molecule has 0 aromatic heterocycles. The predicted octanol–water partition coefficient (Wildman–Crippen LogP) is 3.30. The van der Waals surface area contributed by atoms with Crippen LogP contribution >= 0.6 is 17.1 Å². The van der Waals surface area contributed by atoms with Crippen molar-refractivity contribution < 1.29 is 9.05 Å². The monoisotopic (exact) mass is 216 g/mol. The van der Waals surface area contributed by atoms with Gasteiger partial charge in [-0.3, -0.25) is 0 Å². The lowest BCUT2D eigenvalue weighted by molar-refractivity contribution is 0.185. The molecule has 0 radical (unpaired) electrons. The van der Waals surface area contributed by atoms with Crippen LogP contribution in [0.3, 0.4) is 0 Å². The first-order chi connectivity index (χ1) is 4.83. The van der Waals surface area contributed by atoms with Crippen LogP contribution in [0.4, 0.5) is 0 Å². The number of halogens is 1. The lowest BCUT2D eigenvalue weighted by atomic mass is 10.5. The Morgan fingerprint density at radius 2 is 1.36 bits per heavy atom. The SMILES string of the molecule is CC(C)OP(=S)(Cl)OC(C)C. The Morgan fingerprint density at radius 3 is 1.55 bits per heavy atom. The molecule has 0 aromatic carbocycles. The van der Waals surface area contributed by atoms with Gasteiger partial charge in [-0.2, -0.15) is 0 Å². The van der Waals surface area contributed by atoms with E-state index in [4.69, 9.17) is 32.1 Å². The molecule has 0 aliphatic carbocycles. The van der Waals surface area contributed by atoms with Gasteiger partial charge in [0.2, 0.25) is 0 Å². The van der Waals surface area contributed by atoms with Gasteiger partial charge in [0.15, 0.2) is 0 Å². The highest BCUT2D eigenvalue weighted by atomic mass is 35.7. The lowest BCUT2D eigenvalue weighted by Crippen LogP contribution is -2.04. The third-order valence-electron chi connectivity index (χ3n) is 0.673. The second-order valence-electron chi connectivity index (χ2n) is 2.74. The van der Waals surface area contributed by atoms with E-state index < -0.39 is 5.84 Å². The summed E-state index contributed by atoms with van der Waals surface area (Å²) in [5.41, 5.74) is 0. The minimum atomic E-state index is -2.50. The van der Waals surface area contributed by atoms with Crippen molar-refractivity contribution in [1.82, 2.24) is 0 Å². The molecule has 68 valence electrons. The maximum Gasteiger partial charge on any atom is 0.282 e. The van der Waals surface area contributed by atoms with Gasteiger partial charge in [0, 0.05) is 0 Å². The summed E-state index contributed by atoms with van der Waals surface area (Å²) < 4.78 is 10.4. The van der Waals surface area contributed by atoms with E-state index in [0.717, 1.165) is 0 Å². The zero-order valence-corrected chi connectivity index (χ0v) is 9.67. The number of hydrogen-bond acceptors (Lipinski definition) is 3. The number of rotatable bonds is 4. The minimum absolute atomic E-state index is 0.0251. The summed E-state index contributed by atoms with van der Waals surface area (Å²) in [5, 5.41) is 0. The molecule has 0 unspecified atom stereocenters. The largest absolute Gasteiger partial charge is 0.315 e. The summed E-state index contributed by atoms with van der Waals surface area (Å²) in [7, 11) is 0. The van der Waals surface area contributed by atoms with Gasteiger partial charge in [-0.1, -0.05) is 0 Å². The molecule has 0 aliphatic rings. The fraction of sp³-hybridized carbons (Fsp3) is 1.00. The Bertz CT molecular complexity index is 147. The van der Waals surface area contributed by atoms with Gasteiger partial charge in [-0.15, -0.1) is 0 Å². The average molecular weight is 217 g/mol. The van der Waals surface area contributed by atoms with Crippen molar-refractivity contribution in [1.29, 1.82) is 0 Å². The van der Waals surface area contributed by atoms with Crippen LogP contribution in [0.25, 0.3) is 0 Å². The van der Waals surface area contributed by atoms with Crippen LogP contribution in [0.15, 0.2) is 0 Å². The second kappa shape index (κ2) is 4.78. The molecule has 0 N–H and O–H groups in total. The van der Waals surface area contributed by atoms with Crippen molar-refractivity contribution in [2.45, 2.75) is 39.9 Å². The molecule has 0 atom stereocenters. The summed E-state index contributed by atoms with van der Waals surface area (Å²) in [5.74, 6) is -2.50. The molecule has 0 rings (SSSR count). The topological polar surface area (TPSA) is 18.5 Å². The van der Waals surface area contributed by atoms with Crippen LogP contribution < -0.4 is 0 Å². The number of hydrogen-bond donors (Lipinski definition) is 0. The molecule has 11 heavy (non-hydrogen) atoms. The van der Waals surface area contributed by atoms with E-state index in [2.05, 4.69) is 0 Å². The fourth-order valence-corrected chi connectivity index (χ4v) is 3.57. The van der Waals surface area contributed by atoms with E-state index in [-0.39, 0.29) is 12.2 Å². The Labute approximate surface area is 78.2 Å². The van der Waals surface area contributed by atoms with E-state index in [1.807, 2.05) is 27.7 Å². The molecule has 0 amide bonds. The minimum Gasteiger partial charge on any atom is -0.315 e. The summed E-state index contributed by atoms with van der Waals surface area (Å²) in [6.07, 6.45) is 0.0502. The Hall–Kier alpha value is 0.860. The van der Waals surface area contributed by atoms with Crippen LogP contribution in [0.2, 0.25) is 0 Å². The lowest BCUT2D eigenvalue weighted by Gasteiger charge is -2.19. The van der Waals surface area contributed by atoms with E-state index in [1.54, 1.807) is 0 Å².